The Morgan fingerprint density at radius 2 is 2.26 bits per heavy atom. The Balaban J connectivity index is 1.37. The minimum atomic E-state index is -0.291. The molecule has 0 saturated carbocycles. The normalized spacial score (nSPS) is 17.9. The molecule has 0 bridgehead atoms. The average molecular weight is 436 g/mol. The number of aromatic nitrogens is 2. The lowest BCUT2D eigenvalue weighted by Crippen LogP contribution is -2.44. The maximum Gasteiger partial charge on any atom is 0.257 e. The number of hydrogen-bond acceptors (Lipinski definition) is 7. The number of fused-ring (bicyclic) bond motifs is 1. The molecule has 1 unspecified atom stereocenters. The summed E-state index contributed by atoms with van der Waals surface area (Å²) < 4.78 is 5.70. The Morgan fingerprint density at radius 1 is 1.32 bits per heavy atom. The lowest BCUT2D eigenvalue weighted by atomic mass is 10.1. The van der Waals surface area contributed by atoms with E-state index in [1.807, 2.05) is 29.6 Å². The maximum absolute atomic E-state index is 12.9. The number of nitrogens with zero attached hydrogens (tertiary/aromatic N) is 3. The van der Waals surface area contributed by atoms with E-state index in [9.17, 15) is 9.59 Å². The maximum atomic E-state index is 12.9. The van der Waals surface area contributed by atoms with Crippen molar-refractivity contribution in [2.45, 2.75) is 18.9 Å². The van der Waals surface area contributed by atoms with Gasteiger partial charge < -0.3 is 20.3 Å². The minimum absolute atomic E-state index is 0.0147. The standard InChI is InChI=1S/C22H21N5O3S/c28-20-10-24-21-19(27(20)11-17-5-2-6-30-17)8-15(9-23-21)22(29)26-16-4-1-3-14(7-16)18-12-31-13-25-18/h1,3-4,7-9,12-13,17H,2,5-6,10-11H2,(H,23,24)(H,26,29). The van der Waals surface area contributed by atoms with E-state index in [1.54, 1.807) is 16.5 Å². The number of thiazole rings is 1. The highest BCUT2D eigenvalue weighted by Gasteiger charge is 2.29. The third kappa shape index (κ3) is 4.14. The smallest absolute Gasteiger partial charge is 0.257 e. The molecule has 2 N–H and O–H groups in total. The van der Waals surface area contributed by atoms with Crippen LogP contribution in [0.2, 0.25) is 0 Å². The van der Waals surface area contributed by atoms with Crippen molar-refractivity contribution in [3.63, 3.8) is 0 Å². The third-order valence-corrected chi connectivity index (χ3v) is 5.97. The number of benzene rings is 1. The van der Waals surface area contributed by atoms with Gasteiger partial charge in [-0.25, -0.2) is 9.97 Å². The van der Waals surface area contributed by atoms with E-state index in [4.69, 9.17) is 4.74 Å². The molecular formula is C22H21N5O3S. The molecule has 2 aliphatic heterocycles. The Hall–Kier alpha value is -3.30. The Kier molecular flexibility index (Phi) is 5.35. The molecule has 2 amide bonds. The second-order valence-corrected chi connectivity index (χ2v) is 8.21. The molecule has 8 nitrogen and oxygen atoms in total. The zero-order valence-corrected chi connectivity index (χ0v) is 17.5. The predicted octanol–water partition coefficient (Wildman–Crippen LogP) is 3.39. The number of carbonyl (C=O) groups is 2. The van der Waals surface area contributed by atoms with Crippen LogP contribution in [0.4, 0.5) is 17.2 Å². The van der Waals surface area contributed by atoms with Crippen LogP contribution in [0, 0.1) is 0 Å². The van der Waals surface area contributed by atoms with E-state index in [-0.39, 0.29) is 24.5 Å². The summed E-state index contributed by atoms with van der Waals surface area (Å²) in [4.78, 5) is 35.8. The molecule has 3 aromatic rings. The van der Waals surface area contributed by atoms with Crippen molar-refractivity contribution in [2.75, 3.05) is 35.2 Å². The summed E-state index contributed by atoms with van der Waals surface area (Å²) in [5.41, 5.74) is 5.23. The second-order valence-electron chi connectivity index (χ2n) is 7.49. The molecule has 5 rings (SSSR count). The molecule has 1 aromatic carbocycles. The van der Waals surface area contributed by atoms with E-state index in [0.717, 1.165) is 30.7 Å². The number of ether oxygens (including phenoxy) is 1. The van der Waals surface area contributed by atoms with E-state index in [2.05, 4.69) is 20.6 Å². The van der Waals surface area contributed by atoms with Crippen molar-refractivity contribution in [3.05, 3.63) is 53.0 Å². The minimum Gasteiger partial charge on any atom is -0.376 e. The number of pyridine rings is 1. The highest BCUT2D eigenvalue weighted by Crippen LogP contribution is 2.30. The number of anilines is 3. The SMILES string of the molecule is O=C(Nc1cccc(-c2cscn2)c1)c1cnc2c(c1)N(CC1CCCO1)C(=O)CN2. The van der Waals surface area contributed by atoms with Gasteiger partial charge in [0.2, 0.25) is 5.91 Å². The van der Waals surface area contributed by atoms with Gasteiger partial charge in [-0.1, -0.05) is 12.1 Å². The van der Waals surface area contributed by atoms with Crippen LogP contribution >= 0.6 is 11.3 Å². The monoisotopic (exact) mass is 435 g/mol. The van der Waals surface area contributed by atoms with Gasteiger partial charge in [0.05, 0.1) is 41.6 Å². The zero-order chi connectivity index (χ0) is 21.2. The summed E-state index contributed by atoms with van der Waals surface area (Å²) in [5.74, 6) is 0.249. The summed E-state index contributed by atoms with van der Waals surface area (Å²) in [6, 6.07) is 9.25. The van der Waals surface area contributed by atoms with Crippen LogP contribution in [0.1, 0.15) is 23.2 Å². The Bertz CT molecular complexity index is 1110. The molecule has 31 heavy (non-hydrogen) atoms. The van der Waals surface area contributed by atoms with Crippen molar-refractivity contribution in [2.24, 2.45) is 0 Å². The van der Waals surface area contributed by atoms with E-state index in [0.29, 0.717) is 29.3 Å². The van der Waals surface area contributed by atoms with Crippen LogP contribution in [0.3, 0.4) is 0 Å². The van der Waals surface area contributed by atoms with Crippen LogP contribution in [-0.4, -0.2) is 47.6 Å². The van der Waals surface area contributed by atoms with Gasteiger partial charge in [-0.2, -0.15) is 0 Å². The van der Waals surface area contributed by atoms with Gasteiger partial charge in [-0.3, -0.25) is 9.59 Å². The van der Waals surface area contributed by atoms with Crippen LogP contribution in [0.25, 0.3) is 11.3 Å². The first kappa shape index (κ1) is 19.7. The fourth-order valence-electron chi connectivity index (χ4n) is 3.82. The van der Waals surface area contributed by atoms with Crippen molar-refractivity contribution in [1.82, 2.24) is 9.97 Å². The zero-order valence-electron chi connectivity index (χ0n) is 16.7. The van der Waals surface area contributed by atoms with Gasteiger partial charge in [0.1, 0.15) is 5.82 Å². The fraction of sp³-hybridized carbons (Fsp3) is 0.273. The second kappa shape index (κ2) is 8.44. The lowest BCUT2D eigenvalue weighted by Gasteiger charge is -2.31. The van der Waals surface area contributed by atoms with Gasteiger partial charge in [0.25, 0.3) is 5.91 Å². The summed E-state index contributed by atoms with van der Waals surface area (Å²) in [7, 11) is 0. The Morgan fingerprint density at radius 3 is 3.06 bits per heavy atom. The first-order valence-electron chi connectivity index (χ1n) is 10.1. The first-order chi connectivity index (χ1) is 15.2. The van der Waals surface area contributed by atoms with Crippen molar-refractivity contribution in [3.8, 4) is 11.3 Å². The molecule has 0 radical (unpaired) electrons. The van der Waals surface area contributed by atoms with Crippen molar-refractivity contribution in [1.29, 1.82) is 0 Å². The molecule has 9 heteroatoms. The summed E-state index contributed by atoms with van der Waals surface area (Å²) in [6.45, 7) is 1.37. The van der Waals surface area contributed by atoms with Crippen LogP contribution < -0.4 is 15.5 Å². The summed E-state index contributed by atoms with van der Waals surface area (Å²) in [5, 5.41) is 7.90. The number of rotatable bonds is 5. The predicted molar refractivity (Wildman–Crippen MR) is 120 cm³/mol. The Labute approximate surface area is 183 Å². The molecule has 0 aliphatic carbocycles. The van der Waals surface area contributed by atoms with Gasteiger partial charge in [-0.05, 0) is 31.0 Å². The molecular weight excluding hydrogens is 414 g/mol. The number of nitrogens with one attached hydrogen (secondary N) is 2. The van der Waals surface area contributed by atoms with E-state index >= 15 is 0 Å². The molecule has 4 heterocycles. The molecule has 0 spiro atoms. The largest absolute Gasteiger partial charge is 0.376 e. The third-order valence-electron chi connectivity index (χ3n) is 5.39. The molecule has 1 fully saturated rings. The fourth-order valence-corrected chi connectivity index (χ4v) is 4.38. The topological polar surface area (TPSA) is 96.5 Å². The highest BCUT2D eigenvalue weighted by atomic mass is 32.1. The molecule has 1 saturated heterocycles. The van der Waals surface area contributed by atoms with Crippen LogP contribution in [-0.2, 0) is 9.53 Å². The molecule has 1 atom stereocenters. The van der Waals surface area contributed by atoms with Gasteiger partial charge in [-0.15, -0.1) is 11.3 Å². The number of amides is 2. The van der Waals surface area contributed by atoms with Gasteiger partial charge in [0, 0.05) is 29.4 Å². The van der Waals surface area contributed by atoms with Gasteiger partial charge >= 0.3 is 0 Å². The highest BCUT2D eigenvalue weighted by molar-refractivity contribution is 7.07. The molecule has 158 valence electrons. The average Bonchev–Trinajstić information content (AvgIpc) is 3.50. The number of hydrogen-bond donors (Lipinski definition) is 2. The summed E-state index contributed by atoms with van der Waals surface area (Å²) >= 11 is 1.52. The van der Waals surface area contributed by atoms with E-state index < -0.39 is 0 Å². The van der Waals surface area contributed by atoms with E-state index in [1.165, 1.54) is 17.5 Å². The summed E-state index contributed by atoms with van der Waals surface area (Å²) in [6.07, 6.45) is 3.46. The lowest BCUT2D eigenvalue weighted by molar-refractivity contribution is -0.117. The van der Waals surface area contributed by atoms with Crippen LogP contribution in [0.15, 0.2) is 47.4 Å². The first-order valence-corrected chi connectivity index (χ1v) is 11.1. The quantitative estimate of drug-likeness (QED) is 0.638. The van der Waals surface area contributed by atoms with Crippen molar-refractivity contribution >= 4 is 40.3 Å². The van der Waals surface area contributed by atoms with Crippen molar-refractivity contribution < 1.29 is 14.3 Å². The number of carbonyl (C=O) groups excluding carboxylic acids is 2. The van der Waals surface area contributed by atoms with Gasteiger partial charge in [0.15, 0.2) is 0 Å². The molecule has 2 aromatic heterocycles. The van der Waals surface area contributed by atoms with Crippen LogP contribution in [0.5, 0.6) is 0 Å². The molecule has 2 aliphatic rings.